The zero-order chi connectivity index (χ0) is 13.0. The van der Waals surface area contributed by atoms with E-state index in [-0.39, 0.29) is 23.0 Å². The Morgan fingerprint density at radius 2 is 2.00 bits per heavy atom. The molecule has 0 aliphatic heterocycles. The Morgan fingerprint density at radius 3 is 2.72 bits per heavy atom. The summed E-state index contributed by atoms with van der Waals surface area (Å²) in [5.74, 6) is 0.0970. The summed E-state index contributed by atoms with van der Waals surface area (Å²) in [6, 6.07) is 6.59. The SMILES string of the molecule is Nc1nc(Cl)nc(NCCc2ccccc2F)n1. The van der Waals surface area contributed by atoms with Gasteiger partial charge < -0.3 is 11.1 Å². The summed E-state index contributed by atoms with van der Waals surface area (Å²) in [5, 5.41) is 2.93. The molecular formula is C11H11ClFN5. The highest BCUT2D eigenvalue weighted by Gasteiger charge is 2.03. The molecule has 0 bridgehead atoms. The fraction of sp³-hybridized carbons (Fsp3) is 0.182. The van der Waals surface area contributed by atoms with Crippen molar-refractivity contribution in [1.29, 1.82) is 0 Å². The number of halogens is 2. The van der Waals surface area contributed by atoms with Crippen LogP contribution in [0.1, 0.15) is 5.56 Å². The minimum atomic E-state index is -0.229. The number of anilines is 2. The van der Waals surface area contributed by atoms with Crippen molar-refractivity contribution in [1.82, 2.24) is 15.0 Å². The van der Waals surface area contributed by atoms with Crippen LogP contribution in [0.15, 0.2) is 24.3 Å². The highest BCUT2D eigenvalue weighted by Crippen LogP contribution is 2.09. The van der Waals surface area contributed by atoms with Crippen LogP contribution in [0.25, 0.3) is 0 Å². The molecule has 18 heavy (non-hydrogen) atoms. The minimum absolute atomic E-state index is 0.0240. The second-order valence-corrected chi connectivity index (χ2v) is 3.89. The van der Waals surface area contributed by atoms with Gasteiger partial charge in [0.1, 0.15) is 5.82 Å². The third-order valence-electron chi connectivity index (χ3n) is 2.26. The maximum Gasteiger partial charge on any atom is 0.228 e. The molecule has 0 amide bonds. The standard InChI is InChI=1S/C11H11ClFN5/c12-9-16-10(14)18-11(17-9)15-6-5-7-3-1-2-4-8(7)13/h1-4H,5-6H2,(H3,14,15,16,17,18). The van der Waals surface area contributed by atoms with E-state index in [0.717, 1.165) is 0 Å². The summed E-state index contributed by atoms with van der Waals surface area (Å²) >= 11 is 5.63. The van der Waals surface area contributed by atoms with Gasteiger partial charge in [-0.1, -0.05) is 18.2 Å². The maximum atomic E-state index is 13.3. The van der Waals surface area contributed by atoms with E-state index < -0.39 is 0 Å². The Morgan fingerprint density at radius 1 is 1.22 bits per heavy atom. The number of nitrogens with two attached hydrogens (primary N) is 1. The van der Waals surface area contributed by atoms with Gasteiger partial charge in [0.05, 0.1) is 0 Å². The second-order valence-electron chi connectivity index (χ2n) is 3.55. The van der Waals surface area contributed by atoms with Crippen molar-refractivity contribution in [3.63, 3.8) is 0 Å². The quantitative estimate of drug-likeness (QED) is 0.885. The van der Waals surface area contributed by atoms with E-state index in [9.17, 15) is 4.39 Å². The number of hydrogen-bond acceptors (Lipinski definition) is 5. The van der Waals surface area contributed by atoms with E-state index in [1.54, 1.807) is 18.2 Å². The predicted molar refractivity (Wildman–Crippen MR) is 67.8 cm³/mol. The van der Waals surface area contributed by atoms with Crippen LogP contribution < -0.4 is 11.1 Å². The van der Waals surface area contributed by atoms with Crippen molar-refractivity contribution >= 4 is 23.5 Å². The lowest BCUT2D eigenvalue weighted by Crippen LogP contribution is -2.10. The lowest BCUT2D eigenvalue weighted by atomic mass is 10.1. The molecule has 2 aromatic rings. The van der Waals surface area contributed by atoms with Crippen LogP contribution >= 0.6 is 11.6 Å². The molecular weight excluding hydrogens is 257 g/mol. The fourth-order valence-electron chi connectivity index (χ4n) is 1.45. The number of nitrogen functional groups attached to an aromatic ring is 1. The summed E-state index contributed by atoms with van der Waals surface area (Å²) in [6.45, 7) is 0.473. The van der Waals surface area contributed by atoms with E-state index in [2.05, 4.69) is 20.3 Å². The first kappa shape index (κ1) is 12.5. The number of aromatic nitrogens is 3. The van der Waals surface area contributed by atoms with Gasteiger partial charge in [0.15, 0.2) is 0 Å². The summed E-state index contributed by atoms with van der Waals surface area (Å²) < 4.78 is 13.3. The first-order valence-electron chi connectivity index (χ1n) is 5.29. The third kappa shape index (κ3) is 3.27. The normalized spacial score (nSPS) is 10.3. The van der Waals surface area contributed by atoms with Crippen LogP contribution in [-0.2, 0) is 6.42 Å². The van der Waals surface area contributed by atoms with Crippen LogP contribution in [-0.4, -0.2) is 21.5 Å². The predicted octanol–water partition coefficient (Wildman–Crippen LogP) is 1.90. The Hall–Kier alpha value is -1.95. The summed E-state index contributed by atoms with van der Waals surface area (Å²) in [6.07, 6.45) is 0.510. The van der Waals surface area contributed by atoms with Crippen molar-refractivity contribution < 1.29 is 4.39 Å². The van der Waals surface area contributed by atoms with Gasteiger partial charge in [0.2, 0.25) is 17.2 Å². The minimum Gasteiger partial charge on any atom is -0.368 e. The number of nitrogens with one attached hydrogen (secondary N) is 1. The molecule has 0 atom stereocenters. The van der Waals surface area contributed by atoms with Crippen molar-refractivity contribution in [3.05, 3.63) is 40.9 Å². The van der Waals surface area contributed by atoms with Crippen LogP contribution in [0.4, 0.5) is 16.3 Å². The van der Waals surface area contributed by atoms with Crippen molar-refractivity contribution in [3.8, 4) is 0 Å². The Kier molecular flexibility index (Phi) is 3.88. The van der Waals surface area contributed by atoms with E-state index in [1.807, 2.05) is 0 Å². The average molecular weight is 268 g/mol. The molecule has 1 aromatic heterocycles. The first-order valence-corrected chi connectivity index (χ1v) is 5.67. The van der Waals surface area contributed by atoms with Crippen LogP contribution in [0, 0.1) is 5.82 Å². The van der Waals surface area contributed by atoms with Gasteiger partial charge in [-0.05, 0) is 29.7 Å². The molecule has 1 heterocycles. The average Bonchev–Trinajstić information content (AvgIpc) is 2.30. The molecule has 1 aromatic carbocycles. The lowest BCUT2D eigenvalue weighted by molar-refractivity contribution is 0.610. The van der Waals surface area contributed by atoms with E-state index in [0.29, 0.717) is 18.5 Å². The molecule has 0 radical (unpaired) electrons. The Bertz CT molecular complexity index is 528. The Labute approximate surface area is 108 Å². The van der Waals surface area contributed by atoms with Gasteiger partial charge in [-0.2, -0.15) is 15.0 Å². The second kappa shape index (κ2) is 5.59. The maximum absolute atomic E-state index is 13.3. The van der Waals surface area contributed by atoms with Gasteiger partial charge in [-0.15, -0.1) is 0 Å². The van der Waals surface area contributed by atoms with E-state index in [1.165, 1.54) is 6.07 Å². The summed E-state index contributed by atoms with van der Waals surface area (Å²) in [7, 11) is 0. The molecule has 0 unspecified atom stereocenters. The number of benzene rings is 1. The van der Waals surface area contributed by atoms with Crippen molar-refractivity contribution in [2.45, 2.75) is 6.42 Å². The molecule has 3 N–H and O–H groups in total. The Balaban J connectivity index is 1.94. The van der Waals surface area contributed by atoms with Gasteiger partial charge in [-0.3, -0.25) is 0 Å². The topological polar surface area (TPSA) is 76.7 Å². The molecule has 0 saturated carbocycles. The van der Waals surface area contributed by atoms with Crippen LogP contribution in [0.3, 0.4) is 0 Å². The van der Waals surface area contributed by atoms with Gasteiger partial charge in [0, 0.05) is 6.54 Å². The highest BCUT2D eigenvalue weighted by atomic mass is 35.5. The zero-order valence-corrected chi connectivity index (χ0v) is 10.2. The first-order chi connectivity index (χ1) is 8.65. The molecule has 2 rings (SSSR count). The third-order valence-corrected chi connectivity index (χ3v) is 2.43. The number of rotatable bonds is 4. The highest BCUT2D eigenvalue weighted by molar-refractivity contribution is 6.28. The van der Waals surface area contributed by atoms with Crippen molar-refractivity contribution in [2.75, 3.05) is 17.6 Å². The van der Waals surface area contributed by atoms with Crippen LogP contribution in [0.5, 0.6) is 0 Å². The van der Waals surface area contributed by atoms with Gasteiger partial charge in [-0.25, -0.2) is 4.39 Å². The molecule has 0 saturated heterocycles. The monoisotopic (exact) mass is 267 g/mol. The number of hydrogen-bond donors (Lipinski definition) is 2. The van der Waals surface area contributed by atoms with E-state index >= 15 is 0 Å². The summed E-state index contributed by atoms with van der Waals surface area (Å²) in [5.41, 5.74) is 6.04. The fourth-order valence-corrected chi connectivity index (χ4v) is 1.62. The molecule has 5 nitrogen and oxygen atoms in total. The lowest BCUT2D eigenvalue weighted by Gasteiger charge is -2.06. The zero-order valence-electron chi connectivity index (χ0n) is 9.40. The largest absolute Gasteiger partial charge is 0.368 e. The van der Waals surface area contributed by atoms with Crippen molar-refractivity contribution in [2.24, 2.45) is 0 Å². The molecule has 0 fully saturated rings. The molecule has 94 valence electrons. The smallest absolute Gasteiger partial charge is 0.228 e. The number of nitrogens with zero attached hydrogens (tertiary/aromatic N) is 3. The van der Waals surface area contributed by atoms with Gasteiger partial charge in [0.25, 0.3) is 0 Å². The molecule has 7 heteroatoms. The molecule has 0 aliphatic carbocycles. The molecule has 0 spiro atoms. The summed E-state index contributed by atoms with van der Waals surface area (Å²) in [4.78, 5) is 11.3. The molecule has 0 aliphatic rings. The van der Waals surface area contributed by atoms with Crippen LogP contribution in [0.2, 0.25) is 5.28 Å². The van der Waals surface area contributed by atoms with E-state index in [4.69, 9.17) is 17.3 Å². The van der Waals surface area contributed by atoms with Gasteiger partial charge >= 0.3 is 0 Å².